The van der Waals surface area contributed by atoms with Crippen LogP contribution in [-0.2, 0) is 28.7 Å². The maximum absolute atomic E-state index is 13.1. The molecule has 2 aromatic carbocycles. The molecule has 186 valence electrons. The van der Waals surface area contributed by atoms with Crippen molar-refractivity contribution in [1.29, 1.82) is 0 Å². The third kappa shape index (κ3) is 5.78. The van der Waals surface area contributed by atoms with Crippen molar-refractivity contribution in [3.63, 3.8) is 0 Å². The molecule has 0 saturated carbocycles. The van der Waals surface area contributed by atoms with Crippen LogP contribution in [0.1, 0.15) is 36.0 Å². The van der Waals surface area contributed by atoms with Crippen LogP contribution in [0.25, 0.3) is 0 Å². The number of halogens is 4. The monoisotopic (exact) mass is 507 g/mol. The lowest BCUT2D eigenvalue weighted by molar-refractivity contribution is -0.137. The van der Waals surface area contributed by atoms with E-state index in [1.165, 1.54) is 6.07 Å². The Morgan fingerprint density at radius 3 is 2.57 bits per heavy atom. The van der Waals surface area contributed by atoms with E-state index in [9.17, 15) is 27.6 Å². The second-order valence-corrected chi connectivity index (χ2v) is 9.35. The van der Waals surface area contributed by atoms with Crippen molar-refractivity contribution in [1.82, 2.24) is 9.80 Å². The van der Waals surface area contributed by atoms with Crippen molar-refractivity contribution < 1.29 is 27.6 Å². The number of aldehydes is 1. The van der Waals surface area contributed by atoms with Crippen LogP contribution in [0, 0.1) is 5.92 Å². The number of carbonyl (C=O) groups is 3. The summed E-state index contributed by atoms with van der Waals surface area (Å²) in [6, 6.07) is 11.0. The molecule has 10 heteroatoms. The first-order valence-electron chi connectivity index (χ1n) is 11.4. The lowest BCUT2D eigenvalue weighted by atomic mass is 9.94. The summed E-state index contributed by atoms with van der Waals surface area (Å²) in [4.78, 5) is 40.4. The molecule has 2 aliphatic heterocycles. The van der Waals surface area contributed by atoms with Crippen LogP contribution in [0.5, 0.6) is 0 Å². The number of hydrogen-bond acceptors (Lipinski definition) is 3. The standard InChI is InChI=1S/C25H25ClF3N3O3/c26-21-6-5-16(12-20(21)25(27,28)29)11-17(15-33)13-23(34)31-9-7-19(8-10-31)32-14-18-3-1-2-4-22(18)30-24(32)35/h1-6,12,15,17,19H,7-11,13-14H2,(H,30,35). The number of benzene rings is 2. The van der Waals surface area contributed by atoms with Crippen LogP contribution >= 0.6 is 11.6 Å². The van der Waals surface area contributed by atoms with Gasteiger partial charge in [-0.05, 0) is 48.6 Å². The SMILES string of the molecule is O=CC(CC(=O)N1CCC(N2Cc3ccccc3NC2=O)CC1)Cc1ccc(Cl)c(C(F)(F)F)c1. The van der Waals surface area contributed by atoms with Crippen molar-refractivity contribution in [2.75, 3.05) is 18.4 Å². The number of likely N-dealkylation sites (tertiary alicyclic amines) is 1. The van der Waals surface area contributed by atoms with E-state index in [2.05, 4.69) is 5.32 Å². The third-order valence-corrected chi connectivity index (χ3v) is 6.91. The average Bonchev–Trinajstić information content (AvgIpc) is 2.83. The van der Waals surface area contributed by atoms with E-state index in [-0.39, 0.29) is 30.8 Å². The number of piperidine rings is 1. The van der Waals surface area contributed by atoms with E-state index in [4.69, 9.17) is 11.6 Å². The van der Waals surface area contributed by atoms with Gasteiger partial charge < -0.3 is 19.9 Å². The quantitative estimate of drug-likeness (QED) is 0.550. The van der Waals surface area contributed by atoms with E-state index in [0.717, 1.165) is 23.4 Å². The number of fused-ring (bicyclic) bond motifs is 1. The summed E-state index contributed by atoms with van der Waals surface area (Å²) in [7, 11) is 0. The second kappa shape index (κ2) is 10.3. The van der Waals surface area contributed by atoms with Crippen LogP contribution < -0.4 is 5.32 Å². The Balaban J connectivity index is 1.32. The van der Waals surface area contributed by atoms with Crippen molar-refractivity contribution in [2.45, 2.75) is 44.4 Å². The minimum absolute atomic E-state index is 0.0101. The summed E-state index contributed by atoms with van der Waals surface area (Å²) >= 11 is 5.66. The van der Waals surface area contributed by atoms with Crippen LogP contribution in [0.3, 0.4) is 0 Å². The average molecular weight is 508 g/mol. The van der Waals surface area contributed by atoms with E-state index >= 15 is 0 Å². The van der Waals surface area contributed by atoms with Gasteiger partial charge in [0.1, 0.15) is 6.29 Å². The molecule has 2 aliphatic rings. The highest BCUT2D eigenvalue weighted by atomic mass is 35.5. The number of anilines is 1. The summed E-state index contributed by atoms with van der Waals surface area (Å²) in [5, 5.41) is 2.50. The van der Waals surface area contributed by atoms with Gasteiger partial charge in [-0.25, -0.2) is 4.79 Å². The molecule has 0 aliphatic carbocycles. The maximum atomic E-state index is 13.1. The number of urea groups is 1. The zero-order valence-electron chi connectivity index (χ0n) is 18.9. The second-order valence-electron chi connectivity index (χ2n) is 8.94. The van der Waals surface area contributed by atoms with E-state index in [1.54, 1.807) is 9.80 Å². The summed E-state index contributed by atoms with van der Waals surface area (Å²) in [5.74, 6) is -0.967. The number of carbonyl (C=O) groups excluding carboxylic acids is 3. The fraction of sp³-hybridized carbons (Fsp3) is 0.400. The molecule has 1 saturated heterocycles. The van der Waals surface area contributed by atoms with Crippen LogP contribution in [0.2, 0.25) is 5.02 Å². The summed E-state index contributed by atoms with van der Waals surface area (Å²) in [6.07, 6.45) is -2.84. The maximum Gasteiger partial charge on any atom is 0.417 e. The Hall–Kier alpha value is -3.07. The van der Waals surface area contributed by atoms with Gasteiger partial charge >= 0.3 is 12.2 Å². The lowest BCUT2D eigenvalue weighted by Crippen LogP contribution is -2.51. The first-order chi connectivity index (χ1) is 16.7. The van der Waals surface area contributed by atoms with Gasteiger partial charge in [0.15, 0.2) is 0 Å². The summed E-state index contributed by atoms with van der Waals surface area (Å²) in [5.41, 5.74) is 1.18. The molecule has 1 fully saturated rings. The molecule has 1 atom stereocenters. The molecular formula is C25H25ClF3N3O3. The summed E-state index contributed by atoms with van der Waals surface area (Å²) in [6.45, 7) is 1.40. The van der Waals surface area contributed by atoms with Crippen molar-refractivity contribution >= 4 is 35.5 Å². The minimum atomic E-state index is -4.60. The largest absolute Gasteiger partial charge is 0.417 e. The lowest BCUT2D eigenvalue weighted by Gasteiger charge is -2.40. The molecule has 2 aromatic rings. The Morgan fingerprint density at radius 2 is 1.89 bits per heavy atom. The number of amides is 3. The van der Waals surface area contributed by atoms with Gasteiger partial charge in [-0.2, -0.15) is 13.2 Å². The molecule has 4 rings (SSSR count). The summed E-state index contributed by atoms with van der Waals surface area (Å²) < 4.78 is 39.4. The predicted molar refractivity (Wildman–Crippen MR) is 125 cm³/mol. The van der Waals surface area contributed by atoms with E-state index in [1.807, 2.05) is 24.3 Å². The minimum Gasteiger partial charge on any atom is -0.343 e. The first-order valence-corrected chi connectivity index (χ1v) is 11.8. The van der Waals surface area contributed by atoms with Crippen molar-refractivity contribution in [2.24, 2.45) is 5.92 Å². The Kier molecular flexibility index (Phi) is 7.35. The molecular weight excluding hydrogens is 483 g/mol. The normalized spacial score (nSPS) is 17.5. The molecule has 0 radical (unpaired) electrons. The zero-order valence-corrected chi connectivity index (χ0v) is 19.6. The Bertz CT molecular complexity index is 1120. The van der Waals surface area contributed by atoms with Gasteiger partial charge in [-0.15, -0.1) is 0 Å². The predicted octanol–water partition coefficient (Wildman–Crippen LogP) is 5.15. The molecule has 1 N–H and O–H groups in total. The topological polar surface area (TPSA) is 69.7 Å². The van der Waals surface area contributed by atoms with Gasteiger partial charge in [0.05, 0.1) is 10.6 Å². The smallest absolute Gasteiger partial charge is 0.343 e. The molecule has 1 unspecified atom stereocenters. The van der Waals surface area contributed by atoms with Gasteiger partial charge in [0.25, 0.3) is 0 Å². The first kappa shape index (κ1) is 25.0. The number of nitrogens with zero attached hydrogens (tertiary/aromatic N) is 2. The van der Waals surface area contributed by atoms with Crippen LogP contribution in [-0.4, -0.2) is 47.2 Å². The molecule has 35 heavy (non-hydrogen) atoms. The fourth-order valence-electron chi connectivity index (χ4n) is 4.69. The van der Waals surface area contributed by atoms with E-state index < -0.39 is 22.7 Å². The van der Waals surface area contributed by atoms with E-state index in [0.29, 0.717) is 44.3 Å². The number of para-hydroxylation sites is 1. The van der Waals surface area contributed by atoms with Gasteiger partial charge in [-0.3, -0.25) is 4.79 Å². The highest BCUT2D eigenvalue weighted by molar-refractivity contribution is 6.31. The highest BCUT2D eigenvalue weighted by Gasteiger charge is 2.34. The molecule has 6 nitrogen and oxygen atoms in total. The number of hydrogen-bond donors (Lipinski definition) is 1. The molecule has 2 heterocycles. The number of nitrogens with one attached hydrogen (secondary N) is 1. The Labute approximate surface area is 206 Å². The molecule has 0 bridgehead atoms. The van der Waals surface area contributed by atoms with Crippen LogP contribution in [0.4, 0.5) is 23.7 Å². The molecule has 0 spiro atoms. The van der Waals surface area contributed by atoms with Gasteiger partial charge in [0, 0.05) is 43.7 Å². The molecule has 3 amide bonds. The van der Waals surface area contributed by atoms with Crippen molar-refractivity contribution in [3.05, 3.63) is 64.2 Å². The van der Waals surface area contributed by atoms with Gasteiger partial charge in [0.2, 0.25) is 5.91 Å². The highest BCUT2D eigenvalue weighted by Crippen LogP contribution is 2.35. The van der Waals surface area contributed by atoms with Gasteiger partial charge in [-0.1, -0.05) is 35.9 Å². The number of alkyl halides is 3. The molecule has 0 aromatic heterocycles. The van der Waals surface area contributed by atoms with Crippen molar-refractivity contribution in [3.8, 4) is 0 Å². The fourth-order valence-corrected chi connectivity index (χ4v) is 4.91. The number of rotatable bonds is 6. The van der Waals surface area contributed by atoms with Crippen LogP contribution in [0.15, 0.2) is 42.5 Å². The third-order valence-electron chi connectivity index (χ3n) is 6.58. The Morgan fingerprint density at radius 1 is 1.17 bits per heavy atom. The zero-order chi connectivity index (χ0) is 25.2.